The molecule has 1 nitrogen and oxygen atoms in total. The molecule has 0 heterocycles. The van der Waals surface area contributed by atoms with Gasteiger partial charge in [0.15, 0.2) is 0 Å². The minimum absolute atomic E-state index is 0.993. The summed E-state index contributed by atoms with van der Waals surface area (Å²) in [6.45, 7) is 11.4. The molecule has 64 valence electrons. The molecule has 0 aliphatic heterocycles. The number of nitrogens with zero attached hydrogens (tertiary/aromatic N) is 1. The van der Waals surface area contributed by atoms with E-state index in [2.05, 4.69) is 11.6 Å². The molecule has 0 aromatic heterocycles. The standard InChI is InChI=1S/C7H11NS.C2H6/c1-4-7(8-5-2)9-6-3;1-2/h4-6H,3H2,1-2H3;1-2H3/b7-4-,8-5-;. The molecule has 0 saturated carbocycles. The van der Waals surface area contributed by atoms with Gasteiger partial charge in [0.1, 0.15) is 0 Å². The van der Waals surface area contributed by atoms with Crippen molar-refractivity contribution in [3.8, 4) is 0 Å². The zero-order chi connectivity index (χ0) is 9.11. The largest absolute Gasteiger partial charge is 0.255 e. The van der Waals surface area contributed by atoms with Crippen LogP contribution in [-0.4, -0.2) is 6.21 Å². The van der Waals surface area contributed by atoms with E-state index in [1.165, 1.54) is 11.8 Å². The van der Waals surface area contributed by atoms with Crippen LogP contribution in [0.1, 0.15) is 27.7 Å². The Morgan fingerprint density at radius 3 is 2.18 bits per heavy atom. The van der Waals surface area contributed by atoms with Gasteiger partial charge in [0.2, 0.25) is 0 Å². The van der Waals surface area contributed by atoms with Gasteiger partial charge in [0.25, 0.3) is 0 Å². The Hall–Kier alpha value is -0.500. The normalized spacial score (nSPS) is 10.7. The van der Waals surface area contributed by atoms with Crippen LogP contribution in [0.4, 0.5) is 0 Å². The fourth-order valence-electron chi connectivity index (χ4n) is 0.386. The molecule has 0 N–H and O–H groups in total. The van der Waals surface area contributed by atoms with Crippen molar-refractivity contribution in [2.45, 2.75) is 27.7 Å². The lowest BCUT2D eigenvalue weighted by Gasteiger charge is -1.90. The van der Waals surface area contributed by atoms with Crippen LogP contribution in [0.2, 0.25) is 0 Å². The lowest BCUT2D eigenvalue weighted by molar-refractivity contribution is 1.49. The quantitative estimate of drug-likeness (QED) is 0.588. The zero-order valence-electron chi connectivity index (χ0n) is 7.79. The lowest BCUT2D eigenvalue weighted by atomic mass is 10.7. The van der Waals surface area contributed by atoms with E-state index in [1.54, 1.807) is 11.6 Å². The number of rotatable bonds is 3. The summed E-state index contributed by atoms with van der Waals surface area (Å²) in [4.78, 5) is 4.06. The molecule has 0 aromatic carbocycles. The van der Waals surface area contributed by atoms with Crippen molar-refractivity contribution in [3.05, 3.63) is 23.1 Å². The summed E-state index contributed by atoms with van der Waals surface area (Å²) >= 11 is 1.53. The Bertz CT molecular complexity index is 136. The first-order valence-corrected chi connectivity index (χ1v) is 4.65. The maximum absolute atomic E-state index is 4.06. The first-order valence-electron chi connectivity index (χ1n) is 3.77. The summed E-state index contributed by atoms with van der Waals surface area (Å²) in [6, 6.07) is 0. The van der Waals surface area contributed by atoms with Gasteiger partial charge in [-0.25, -0.2) is 0 Å². The fourth-order valence-corrected chi connectivity index (χ4v) is 0.859. The molecule has 0 fully saturated rings. The van der Waals surface area contributed by atoms with Crippen molar-refractivity contribution < 1.29 is 0 Å². The molecule has 0 unspecified atom stereocenters. The van der Waals surface area contributed by atoms with Gasteiger partial charge in [0, 0.05) is 6.21 Å². The van der Waals surface area contributed by atoms with Crippen LogP contribution in [0.3, 0.4) is 0 Å². The summed E-state index contributed by atoms with van der Waals surface area (Å²) < 4.78 is 0. The van der Waals surface area contributed by atoms with Gasteiger partial charge in [-0.05, 0) is 19.3 Å². The Morgan fingerprint density at radius 1 is 1.36 bits per heavy atom. The Kier molecular flexibility index (Phi) is 14.5. The SMILES string of the molecule is C=CSC(=C\C)/N=C\C.CC. The number of hydrogen-bond donors (Lipinski definition) is 0. The lowest BCUT2D eigenvalue weighted by Crippen LogP contribution is -1.66. The molecule has 0 aromatic rings. The number of thioether (sulfide) groups is 1. The van der Waals surface area contributed by atoms with Crippen LogP contribution < -0.4 is 0 Å². The van der Waals surface area contributed by atoms with Crippen molar-refractivity contribution in [3.63, 3.8) is 0 Å². The van der Waals surface area contributed by atoms with E-state index in [-0.39, 0.29) is 0 Å². The summed E-state index contributed by atoms with van der Waals surface area (Å²) in [5.41, 5.74) is 0. The van der Waals surface area contributed by atoms with Crippen molar-refractivity contribution in [2.75, 3.05) is 0 Å². The highest BCUT2D eigenvalue weighted by Crippen LogP contribution is 2.15. The highest BCUT2D eigenvalue weighted by molar-refractivity contribution is 8.05. The maximum Gasteiger partial charge on any atom is 0.0954 e. The van der Waals surface area contributed by atoms with Gasteiger partial charge in [-0.2, -0.15) is 0 Å². The van der Waals surface area contributed by atoms with Crippen molar-refractivity contribution in [2.24, 2.45) is 4.99 Å². The third kappa shape index (κ3) is 9.50. The van der Waals surface area contributed by atoms with Crippen molar-refractivity contribution in [1.29, 1.82) is 0 Å². The third-order valence-electron chi connectivity index (χ3n) is 0.707. The van der Waals surface area contributed by atoms with Gasteiger partial charge in [-0.3, -0.25) is 4.99 Å². The second kappa shape index (κ2) is 12.2. The van der Waals surface area contributed by atoms with Crippen LogP contribution in [0, 0.1) is 0 Å². The topological polar surface area (TPSA) is 12.4 Å². The number of aliphatic imine (C=N–C) groups is 1. The molecular weight excluding hydrogens is 154 g/mol. The molecule has 0 aliphatic carbocycles. The number of allylic oxidation sites excluding steroid dienone is 1. The molecule has 0 atom stereocenters. The fraction of sp³-hybridized carbons (Fsp3) is 0.444. The molecule has 0 spiro atoms. The molecule has 0 amide bonds. The average molecular weight is 171 g/mol. The summed E-state index contributed by atoms with van der Waals surface area (Å²) in [7, 11) is 0. The van der Waals surface area contributed by atoms with Gasteiger partial charge >= 0.3 is 0 Å². The van der Waals surface area contributed by atoms with E-state index in [9.17, 15) is 0 Å². The Morgan fingerprint density at radius 2 is 1.91 bits per heavy atom. The predicted octanol–water partition coefficient (Wildman–Crippen LogP) is 3.84. The van der Waals surface area contributed by atoms with Gasteiger partial charge in [-0.1, -0.05) is 38.3 Å². The minimum atomic E-state index is 0.993. The predicted molar refractivity (Wildman–Crippen MR) is 57.1 cm³/mol. The van der Waals surface area contributed by atoms with Crippen molar-refractivity contribution >= 4 is 18.0 Å². The minimum Gasteiger partial charge on any atom is -0.255 e. The van der Waals surface area contributed by atoms with Crippen LogP contribution >= 0.6 is 11.8 Å². The second-order valence-electron chi connectivity index (χ2n) is 1.30. The summed E-state index contributed by atoms with van der Waals surface area (Å²) in [6.07, 6.45) is 3.72. The zero-order valence-corrected chi connectivity index (χ0v) is 8.61. The maximum atomic E-state index is 4.06. The van der Waals surface area contributed by atoms with Crippen molar-refractivity contribution in [1.82, 2.24) is 0 Å². The highest BCUT2D eigenvalue weighted by Gasteiger charge is 1.84. The van der Waals surface area contributed by atoms with E-state index < -0.39 is 0 Å². The van der Waals surface area contributed by atoms with Crippen LogP contribution in [-0.2, 0) is 0 Å². The molecule has 0 radical (unpaired) electrons. The van der Waals surface area contributed by atoms with E-state index in [4.69, 9.17) is 0 Å². The van der Waals surface area contributed by atoms with Crippen LogP contribution in [0.15, 0.2) is 28.1 Å². The first kappa shape index (κ1) is 13.1. The van der Waals surface area contributed by atoms with E-state index >= 15 is 0 Å². The summed E-state index contributed by atoms with van der Waals surface area (Å²) in [5, 5.41) is 2.76. The molecule has 0 bridgehead atoms. The molecule has 11 heavy (non-hydrogen) atoms. The van der Waals surface area contributed by atoms with Crippen LogP contribution in [0.25, 0.3) is 0 Å². The Balaban J connectivity index is 0. The molecule has 0 saturated heterocycles. The van der Waals surface area contributed by atoms with E-state index in [0.717, 1.165) is 5.03 Å². The monoisotopic (exact) mass is 171 g/mol. The molecule has 0 rings (SSSR count). The molecular formula is C9H17NS. The molecule has 0 aliphatic rings. The Labute approximate surface area is 74.3 Å². The van der Waals surface area contributed by atoms with Crippen LogP contribution in [0.5, 0.6) is 0 Å². The third-order valence-corrected chi connectivity index (χ3v) is 1.46. The number of hydrogen-bond acceptors (Lipinski definition) is 2. The summed E-state index contributed by atoms with van der Waals surface area (Å²) in [5.74, 6) is 0. The second-order valence-corrected chi connectivity index (χ2v) is 2.29. The highest BCUT2D eigenvalue weighted by atomic mass is 32.2. The van der Waals surface area contributed by atoms with Gasteiger partial charge < -0.3 is 0 Å². The van der Waals surface area contributed by atoms with E-state index in [0.29, 0.717) is 0 Å². The average Bonchev–Trinajstić information content (AvgIpc) is 2.08. The van der Waals surface area contributed by atoms with Gasteiger partial charge in [0.05, 0.1) is 5.03 Å². The molecule has 2 heteroatoms. The van der Waals surface area contributed by atoms with Gasteiger partial charge in [-0.15, -0.1) is 0 Å². The smallest absolute Gasteiger partial charge is 0.0954 e. The van der Waals surface area contributed by atoms with E-state index in [1.807, 2.05) is 33.8 Å². The first-order chi connectivity index (χ1) is 5.35.